The van der Waals surface area contributed by atoms with Crippen LogP contribution in [0.2, 0.25) is 0 Å². The Kier molecular flexibility index (Phi) is 5.59. The van der Waals surface area contributed by atoms with Crippen LogP contribution >= 0.6 is 0 Å². The molecule has 3 rings (SSSR count). The first kappa shape index (κ1) is 20.1. The van der Waals surface area contributed by atoms with Crippen molar-refractivity contribution in [1.29, 1.82) is 0 Å². The first-order chi connectivity index (χ1) is 13.1. The summed E-state index contributed by atoms with van der Waals surface area (Å²) in [5.74, 6) is -0.574. The lowest BCUT2D eigenvalue weighted by Crippen LogP contribution is -2.56. The summed E-state index contributed by atoms with van der Waals surface area (Å²) in [6, 6.07) is 9.88. The quantitative estimate of drug-likeness (QED) is 0.726. The number of amides is 1. The standard InChI is InChI=1S/C18H17F3N2O4S/c19-18(20,21)13-6-7-16(22-10-13)27-14-11-23(12-14)17(24)8-9-28(25,26)15-4-2-1-3-5-15/h1-7,10,14H,8-9,11-12H2. The summed E-state index contributed by atoms with van der Waals surface area (Å²) >= 11 is 0. The predicted molar refractivity (Wildman–Crippen MR) is 93.3 cm³/mol. The van der Waals surface area contributed by atoms with Crippen LogP contribution < -0.4 is 4.74 Å². The van der Waals surface area contributed by atoms with Crippen molar-refractivity contribution in [2.24, 2.45) is 0 Å². The average Bonchev–Trinajstić information content (AvgIpc) is 2.63. The lowest BCUT2D eigenvalue weighted by molar-refractivity contribution is -0.140. The molecule has 150 valence electrons. The Morgan fingerprint density at radius 2 is 1.82 bits per heavy atom. The lowest BCUT2D eigenvalue weighted by Gasteiger charge is -2.38. The lowest BCUT2D eigenvalue weighted by atomic mass is 10.1. The van der Waals surface area contributed by atoms with Crippen molar-refractivity contribution in [2.75, 3.05) is 18.8 Å². The molecule has 1 saturated heterocycles. The van der Waals surface area contributed by atoms with E-state index in [0.717, 1.165) is 12.1 Å². The highest BCUT2D eigenvalue weighted by molar-refractivity contribution is 7.91. The summed E-state index contributed by atoms with van der Waals surface area (Å²) in [5.41, 5.74) is -0.870. The van der Waals surface area contributed by atoms with E-state index in [9.17, 15) is 26.4 Å². The fourth-order valence-corrected chi connectivity index (χ4v) is 3.88. The van der Waals surface area contributed by atoms with E-state index in [1.165, 1.54) is 17.0 Å². The van der Waals surface area contributed by atoms with Gasteiger partial charge in [0.2, 0.25) is 11.8 Å². The molecule has 0 N–H and O–H groups in total. The van der Waals surface area contributed by atoms with Gasteiger partial charge in [-0.25, -0.2) is 13.4 Å². The molecule has 0 saturated carbocycles. The molecule has 28 heavy (non-hydrogen) atoms. The molecule has 1 aromatic carbocycles. The molecule has 0 atom stereocenters. The number of carbonyl (C=O) groups excluding carboxylic acids is 1. The van der Waals surface area contributed by atoms with Crippen molar-refractivity contribution in [3.8, 4) is 5.88 Å². The van der Waals surface area contributed by atoms with E-state index in [4.69, 9.17) is 4.74 Å². The largest absolute Gasteiger partial charge is 0.471 e. The molecule has 1 fully saturated rings. The minimum atomic E-state index is -4.47. The molecule has 0 radical (unpaired) electrons. The number of pyridine rings is 1. The first-order valence-electron chi connectivity index (χ1n) is 8.40. The Morgan fingerprint density at radius 1 is 1.14 bits per heavy atom. The molecule has 1 aromatic heterocycles. The number of halogens is 3. The maximum absolute atomic E-state index is 12.5. The molecular weight excluding hydrogens is 397 g/mol. The number of aromatic nitrogens is 1. The summed E-state index contributed by atoms with van der Waals surface area (Å²) in [4.78, 5) is 17.3. The van der Waals surface area contributed by atoms with Crippen molar-refractivity contribution in [1.82, 2.24) is 9.88 Å². The van der Waals surface area contributed by atoms with Gasteiger partial charge in [-0.05, 0) is 18.2 Å². The highest BCUT2D eigenvalue weighted by Crippen LogP contribution is 2.29. The molecule has 1 amide bonds. The minimum absolute atomic E-state index is 0.0387. The van der Waals surface area contributed by atoms with Gasteiger partial charge in [0.05, 0.1) is 29.3 Å². The van der Waals surface area contributed by atoms with E-state index in [1.54, 1.807) is 18.2 Å². The number of carbonyl (C=O) groups is 1. The number of alkyl halides is 3. The second-order valence-corrected chi connectivity index (χ2v) is 8.41. The molecule has 1 aliphatic heterocycles. The van der Waals surface area contributed by atoms with Gasteiger partial charge in [-0.2, -0.15) is 13.2 Å². The molecule has 0 bridgehead atoms. The number of sulfone groups is 1. The van der Waals surface area contributed by atoms with E-state index < -0.39 is 21.6 Å². The molecule has 2 heterocycles. The summed E-state index contributed by atoms with van der Waals surface area (Å²) < 4.78 is 67.3. The van der Waals surface area contributed by atoms with Gasteiger partial charge in [0.1, 0.15) is 6.10 Å². The maximum atomic E-state index is 12.5. The zero-order chi connectivity index (χ0) is 20.4. The van der Waals surface area contributed by atoms with Gasteiger partial charge in [0.25, 0.3) is 0 Å². The number of hydrogen-bond acceptors (Lipinski definition) is 5. The second kappa shape index (κ2) is 7.78. The highest BCUT2D eigenvalue weighted by Gasteiger charge is 2.34. The number of ether oxygens (including phenoxy) is 1. The Labute approximate surface area is 159 Å². The van der Waals surface area contributed by atoms with Crippen LogP contribution in [0.25, 0.3) is 0 Å². The van der Waals surface area contributed by atoms with Crippen molar-refractivity contribution in [3.63, 3.8) is 0 Å². The third-order valence-electron chi connectivity index (χ3n) is 4.24. The predicted octanol–water partition coefficient (Wildman–Crippen LogP) is 2.55. The molecule has 1 aliphatic rings. The molecule has 0 spiro atoms. The monoisotopic (exact) mass is 414 g/mol. The molecule has 6 nitrogen and oxygen atoms in total. The summed E-state index contributed by atoms with van der Waals surface area (Å²) in [7, 11) is -3.53. The van der Waals surface area contributed by atoms with Crippen LogP contribution in [0.15, 0.2) is 53.6 Å². The van der Waals surface area contributed by atoms with Gasteiger partial charge in [-0.3, -0.25) is 4.79 Å². The fraction of sp³-hybridized carbons (Fsp3) is 0.333. The summed E-state index contributed by atoms with van der Waals surface area (Å²) in [6.45, 7) is 0.458. The van der Waals surface area contributed by atoms with Crippen LogP contribution in [0.3, 0.4) is 0 Å². The molecule has 0 aliphatic carbocycles. The minimum Gasteiger partial charge on any atom is -0.471 e. The van der Waals surface area contributed by atoms with Crippen LogP contribution in [-0.2, 0) is 20.8 Å². The number of likely N-dealkylation sites (tertiary alicyclic amines) is 1. The topological polar surface area (TPSA) is 76.6 Å². The molecule has 2 aromatic rings. The smallest absolute Gasteiger partial charge is 0.417 e. The zero-order valence-electron chi connectivity index (χ0n) is 14.6. The van der Waals surface area contributed by atoms with Crippen molar-refractivity contribution in [3.05, 3.63) is 54.2 Å². The average molecular weight is 414 g/mol. The zero-order valence-corrected chi connectivity index (χ0v) is 15.4. The van der Waals surface area contributed by atoms with E-state index in [2.05, 4.69) is 4.98 Å². The normalized spacial score (nSPS) is 15.2. The van der Waals surface area contributed by atoms with Gasteiger partial charge in [0, 0.05) is 18.7 Å². The summed E-state index contributed by atoms with van der Waals surface area (Å²) in [5, 5.41) is 0. The third kappa shape index (κ3) is 4.80. The second-order valence-electron chi connectivity index (χ2n) is 6.30. The first-order valence-corrected chi connectivity index (χ1v) is 10.1. The van der Waals surface area contributed by atoms with Crippen LogP contribution in [-0.4, -0.2) is 49.2 Å². The maximum Gasteiger partial charge on any atom is 0.417 e. The van der Waals surface area contributed by atoms with Gasteiger partial charge in [-0.15, -0.1) is 0 Å². The van der Waals surface area contributed by atoms with E-state index in [1.807, 2.05) is 0 Å². The van der Waals surface area contributed by atoms with Gasteiger partial charge in [-0.1, -0.05) is 18.2 Å². The number of benzene rings is 1. The van der Waals surface area contributed by atoms with E-state index in [-0.39, 0.29) is 48.0 Å². The Balaban J connectivity index is 1.45. The van der Waals surface area contributed by atoms with Crippen LogP contribution in [0.1, 0.15) is 12.0 Å². The van der Waals surface area contributed by atoms with Gasteiger partial charge < -0.3 is 9.64 Å². The Bertz CT molecular complexity index is 926. The van der Waals surface area contributed by atoms with E-state index in [0.29, 0.717) is 6.20 Å². The Morgan fingerprint density at radius 3 is 2.39 bits per heavy atom. The molecule has 10 heteroatoms. The SMILES string of the molecule is O=C(CCS(=O)(=O)c1ccccc1)N1CC(Oc2ccc(C(F)(F)F)cn2)C1. The van der Waals surface area contributed by atoms with Gasteiger partial charge >= 0.3 is 6.18 Å². The molecule has 0 unspecified atom stereocenters. The van der Waals surface area contributed by atoms with Crippen molar-refractivity contribution in [2.45, 2.75) is 23.6 Å². The number of rotatable bonds is 6. The Hall–Kier alpha value is -2.62. The fourth-order valence-electron chi connectivity index (χ4n) is 2.63. The van der Waals surface area contributed by atoms with E-state index >= 15 is 0 Å². The van der Waals surface area contributed by atoms with Gasteiger partial charge in [0.15, 0.2) is 9.84 Å². The van der Waals surface area contributed by atoms with Crippen LogP contribution in [0, 0.1) is 0 Å². The third-order valence-corrected chi connectivity index (χ3v) is 5.97. The van der Waals surface area contributed by atoms with Crippen LogP contribution in [0.5, 0.6) is 5.88 Å². The van der Waals surface area contributed by atoms with Crippen molar-refractivity contribution < 1.29 is 31.1 Å². The highest BCUT2D eigenvalue weighted by atomic mass is 32.2. The molecular formula is C18H17F3N2O4S. The van der Waals surface area contributed by atoms with Crippen LogP contribution in [0.4, 0.5) is 13.2 Å². The number of nitrogens with zero attached hydrogens (tertiary/aromatic N) is 2. The van der Waals surface area contributed by atoms with Crippen molar-refractivity contribution >= 4 is 15.7 Å². The summed E-state index contributed by atoms with van der Waals surface area (Å²) in [6.07, 6.45) is -4.32. The number of hydrogen-bond donors (Lipinski definition) is 0.